The smallest absolute Gasteiger partial charge is 0.253 e. The first-order chi connectivity index (χ1) is 14.6. The van der Waals surface area contributed by atoms with E-state index >= 15 is 0 Å². The third kappa shape index (κ3) is 6.04. The summed E-state index contributed by atoms with van der Waals surface area (Å²) in [5.41, 5.74) is 0.512. The molecule has 0 saturated carbocycles. The lowest BCUT2D eigenvalue weighted by atomic mass is 10.2. The maximum absolute atomic E-state index is 12.8. The summed E-state index contributed by atoms with van der Waals surface area (Å²) >= 11 is 0. The summed E-state index contributed by atoms with van der Waals surface area (Å²) < 4.78 is 12.6. The molecule has 0 bridgehead atoms. The van der Waals surface area contributed by atoms with Crippen molar-refractivity contribution in [2.24, 2.45) is 0 Å². The number of nitrogens with zero attached hydrogens (tertiary/aromatic N) is 3. The van der Waals surface area contributed by atoms with Gasteiger partial charge >= 0.3 is 0 Å². The van der Waals surface area contributed by atoms with Gasteiger partial charge in [-0.2, -0.15) is 5.10 Å². The number of hydrogen-bond acceptors (Lipinski definition) is 6. The van der Waals surface area contributed by atoms with E-state index in [9.17, 15) is 14.7 Å². The molecule has 1 aliphatic rings. The summed E-state index contributed by atoms with van der Waals surface area (Å²) in [6.45, 7) is 2.81. The van der Waals surface area contributed by atoms with Gasteiger partial charge in [-0.3, -0.25) is 14.3 Å². The minimum atomic E-state index is -0.430. The average Bonchev–Trinajstić information content (AvgIpc) is 3.43. The number of aliphatic hydroxyl groups is 1. The molecule has 1 saturated heterocycles. The van der Waals surface area contributed by atoms with E-state index in [0.717, 1.165) is 12.2 Å². The first-order valence-corrected chi connectivity index (χ1v) is 10.1. The van der Waals surface area contributed by atoms with Crippen molar-refractivity contribution in [3.63, 3.8) is 0 Å². The van der Waals surface area contributed by atoms with Crippen LogP contribution in [0.2, 0.25) is 0 Å². The number of para-hydroxylation sites is 1. The number of carbonyl (C=O) groups excluding carboxylic acids is 2. The molecule has 0 spiro atoms. The second-order valence-electron chi connectivity index (χ2n) is 7.20. The zero-order valence-electron chi connectivity index (χ0n) is 17.1. The van der Waals surface area contributed by atoms with E-state index in [0.29, 0.717) is 25.3 Å². The lowest BCUT2D eigenvalue weighted by Crippen LogP contribution is -2.45. The molecule has 1 fully saturated rings. The number of hydrogen-bond donors (Lipinski definition) is 2. The van der Waals surface area contributed by atoms with Crippen LogP contribution in [0.5, 0.6) is 5.75 Å². The standard InChI is InChI=1S/C21H28N4O5/c1-16(15-30-18-6-3-2-4-7-18)25(9-10-26)20(27)14-24-13-17(12-22-24)23-21(28)19-8-5-11-29-19/h2-4,6-7,12-13,16,19,26H,5,8-11,14-15H2,1H3,(H,23,28). The number of aromatic nitrogens is 2. The highest BCUT2D eigenvalue weighted by Crippen LogP contribution is 2.15. The van der Waals surface area contributed by atoms with Gasteiger partial charge in [-0.25, -0.2) is 0 Å². The number of nitrogens with one attached hydrogen (secondary N) is 1. The molecule has 9 heteroatoms. The maximum atomic E-state index is 12.8. The van der Waals surface area contributed by atoms with Crippen LogP contribution in [-0.4, -0.2) is 70.1 Å². The summed E-state index contributed by atoms with van der Waals surface area (Å²) in [6.07, 6.45) is 4.25. The van der Waals surface area contributed by atoms with E-state index in [1.165, 1.54) is 10.9 Å². The summed E-state index contributed by atoms with van der Waals surface area (Å²) in [5, 5.41) is 16.3. The van der Waals surface area contributed by atoms with E-state index < -0.39 is 6.10 Å². The van der Waals surface area contributed by atoms with Crippen LogP contribution in [0, 0.1) is 0 Å². The second-order valence-corrected chi connectivity index (χ2v) is 7.20. The normalized spacial score (nSPS) is 16.8. The van der Waals surface area contributed by atoms with Crippen molar-refractivity contribution in [3.8, 4) is 5.75 Å². The van der Waals surface area contributed by atoms with Crippen molar-refractivity contribution in [2.45, 2.75) is 38.5 Å². The first kappa shape index (κ1) is 21.8. The molecular weight excluding hydrogens is 388 g/mol. The van der Waals surface area contributed by atoms with E-state index in [1.807, 2.05) is 37.3 Å². The van der Waals surface area contributed by atoms with E-state index in [1.54, 1.807) is 11.1 Å². The molecule has 0 aliphatic carbocycles. The number of rotatable bonds is 10. The molecule has 2 unspecified atom stereocenters. The minimum Gasteiger partial charge on any atom is -0.491 e. The lowest BCUT2D eigenvalue weighted by molar-refractivity contribution is -0.135. The fourth-order valence-corrected chi connectivity index (χ4v) is 3.27. The zero-order valence-corrected chi connectivity index (χ0v) is 17.1. The zero-order chi connectivity index (χ0) is 21.3. The summed E-state index contributed by atoms with van der Waals surface area (Å²) in [4.78, 5) is 26.5. The molecule has 3 rings (SSSR count). The largest absolute Gasteiger partial charge is 0.491 e. The molecule has 2 atom stereocenters. The molecule has 2 heterocycles. The fraction of sp³-hybridized carbons (Fsp3) is 0.476. The summed E-state index contributed by atoms with van der Waals surface area (Å²) in [7, 11) is 0. The second kappa shape index (κ2) is 10.7. The van der Waals surface area contributed by atoms with Crippen LogP contribution in [0.25, 0.3) is 0 Å². The van der Waals surface area contributed by atoms with Crippen molar-refractivity contribution in [1.29, 1.82) is 0 Å². The Hall–Kier alpha value is -2.91. The fourth-order valence-electron chi connectivity index (χ4n) is 3.27. The number of aliphatic hydroxyl groups excluding tert-OH is 1. The highest BCUT2D eigenvalue weighted by Gasteiger charge is 2.24. The topological polar surface area (TPSA) is 106 Å². The van der Waals surface area contributed by atoms with Crippen molar-refractivity contribution >= 4 is 17.5 Å². The van der Waals surface area contributed by atoms with Gasteiger partial charge in [-0.05, 0) is 31.9 Å². The number of carbonyl (C=O) groups is 2. The van der Waals surface area contributed by atoms with E-state index in [-0.39, 0.29) is 37.6 Å². The lowest BCUT2D eigenvalue weighted by Gasteiger charge is -2.28. The van der Waals surface area contributed by atoms with Crippen LogP contribution in [0.15, 0.2) is 42.7 Å². The third-order valence-electron chi connectivity index (χ3n) is 4.85. The van der Waals surface area contributed by atoms with Crippen molar-refractivity contribution in [3.05, 3.63) is 42.7 Å². The number of ether oxygens (including phenoxy) is 2. The van der Waals surface area contributed by atoms with Crippen molar-refractivity contribution in [2.75, 3.05) is 31.7 Å². The molecule has 1 aromatic carbocycles. The SMILES string of the molecule is CC(COc1ccccc1)N(CCO)C(=O)Cn1cc(NC(=O)C2CCCO2)cn1. The molecule has 1 aliphatic heterocycles. The van der Waals surface area contributed by atoms with E-state index in [2.05, 4.69) is 10.4 Å². The molecule has 0 radical (unpaired) electrons. The van der Waals surface area contributed by atoms with Gasteiger partial charge in [0, 0.05) is 19.3 Å². The van der Waals surface area contributed by atoms with Gasteiger partial charge in [0.25, 0.3) is 5.91 Å². The van der Waals surface area contributed by atoms with Crippen molar-refractivity contribution < 1.29 is 24.2 Å². The number of anilines is 1. The molecule has 1 aromatic heterocycles. The molecule has 30 heavy (non-hydrogen) atoms. The average molecular weight is 416 g/mol. The summed E-state index contributed by atoms with van der Waals surface area (Å²) in [5.74, 6) is 0.319. The van der Waals surface area contributed by atoms with Crippen LogP contribution < -0.4 is 10.1 Å². The van der Waals surface area contributed by atoms with Gasteiger partial charge < -0.3 is 24.8 Å². The maximum Gasteiger partial charge on any atom is 0.253 e. The first-order valence-electron chi connectivity index (χ1n) is 10.1. The Morgan fingerprint density at radius 3 is 2.90 bits per heavy atom. The van der Waals surface area contributed by atoms with Crippen LogP contribution >= 0.6 is 0 Å². The third-order valence-corrected chi connectivity index (χ3v) is 4.85. The Morgan fingerprint density at radius 2 is 2.20 bits per heavy atom. The molecule has 2 aromatic rings. The Labute approximate surface area is 175 Å². The van der Waals surface area contributed by atoms with Crippen molar-refractivity contribution in [1.82, 2.24) is 14.7 Å². The highest BCUT2D eigenvalue weighted by atomic mass is 16.5. The molecule has 2 amide bonds. The predicted molar refractivity (Wildman–Crippen MR) is 110 cm³/mol. The molecule has 162 valence electrons. The van der Waals surface area contributed by atoms with Gasteiger partial charge in [0.15, 0.2) is 0 Å². The Morgan fingerprint density at radius 1 is 1.40 bits per heavy atom. The molecule has 9 nitrogen and oxygen atoms in total. The monoisotopic (exact) mass is 416 g/mol. The van der Waals surface area contributed by atoms with Crippen LogP contribution in [0.1, 0.15) is 19.8 Å². The van der Waals surface area contributed by atoms with Crippen LogP contribution in [0.4, 0.5) is 5.69 Å². The van der Waals surface area contributed by atoms with Crippen LogP contribution in [-0.2, 0) is 20.9 Å². The minimum absolute atomic E-state index is 0.00846. The quantitative estimate of drug-likeness (QED) is 0.605. The Balaban J connectivity index is 1.53. The molecule has 2 N–H and O–H groups in total. The highest BCUT2D eigenvalue weighted by molar-refractivity contribution is 5.94. The van der Waals surface area contributed by atoms with E-state index in [4.69, 9.17) is 9.47 Å². The predicted octanol–water partition coefficient (Wildman–Crippen LogP) is 1.29. The number of amides is 2. The van der Waals surface area contributed by atoms with Gasteiger partial charge in [0.1, 0.15) is 25.0 Å². The Kier molecular flexibility index (Phi) is 7.81. The van der Waals surface area contributed by atoms with Crippen LogP contribution in [0.3, 0.4) is 0 Å². The van der Waals surface area contributed by atoms with Gasteiger partial charge in [-0.15, -0.1) is 0 Å². The van der Waals surface area contributed by atoms with Gasteiger partial charge in [-0.1, -0.05) is 18.2 Å². The van der Waals surface area contributed by atoms with Gasteiger partial charge in [0.05, 0.1) is 24.5 Å². The number of benzene rings is 1. The summed E-state index contributed by atoms with van der Waals surface area (Å²) in [6, 6.07) is 9.12. The Bertz CT molecular complexity index is 820. The molecular formula is C21H28N4O5. The van der Waals surface area contributed by atoms with Gasteiger partial charge in [0.2, 0.25) is 5.91 Å².